The number of carbonyl (C=O) groups is 1. The lowest BCUT2D eigenvalue weighted by Crippen LogP contribution is -2.11. The first-order valence-corrected chi connectivity index (χ1v) is 9.49. The van der Waals surface area contributed by atoms with Crippen LogP contribution in [0, 0.1) is 11.3 Å². The fourth-order valence-corrected chi connectivity index (χ4v) is 3.80. The minimum Gasteiger partial charge on any atom is -0.364 e. The van der Waals surface area contributed by atoms with E-state index < -0.39 is 5.91 Å². The van der Waals surface area contributed by atoms with E-state index in [9.17, 15) is 10.1 Å². The van der Waals surface area contributed by atoms with Crippen LogP contribution in [0.2, 0.25) is 0 Å². The van der Waals surface area contributed by atoms with Crippen molar-refractivity contribution in [3.05, 3.63) is 65.4 Å². The minimum absolute atomic E-state index is 0.195. The van der Waals surface area contributed by atoms with Gasteiger partial charge in [0, 0.05) is 11.1 Å². The van der Waals surface area contributed by atoms with Crippen molar-refractivity contribution in [2.24, 2.45) is 5.73 Å². The van der Waals surface area contributed by atoms with Gasteiger partial charge in [0.15, 0.2) is 11.3 Å². The lowest BCUT2D eigenvalue weighted by atomic mass is 10.1. The number of benzene rings is 2. The lowest BCUT2D eigenvalue weighted by Gasteiger charge is -2.13. The number of aromatic nitrogens is 4. The Bertz CT molecular complexity index is 1500. The predicted octanol–water partition coefficient (Wildman–Crippen LogP) is 3.64. The number of fused-ring (bicyclic) bond motifs is 4. The molecule has 5 aromatic rings. The molecule has 0 atom stereocenters. The van der Waals surface area contributed by atoms with Crippen molar-refractivity contribution in [3.63, 3.8) is 0 Å². The van der Waals surface area contributed by atoms with Crippen molar-refractivity contribution < 1.29 is 4.79 Å². The normalized spacial score (nSPS) is 11.2. The van der Waals surface area contributed by atoms with Crippen LogP contribution in [0.15, 0.2) is 48.5 Å². The van der Waals surface area contributed by atoms with Crippen LogP contribution >= 0.6 is 0 Å². The fourth-order valence-electron chi connectivity index (χ4n) is 3.80. The largest absolute Gasteiger partial charge is 0.364 e. The highest BCUT2D eigenvalue weighted by molar-refractivity contribution is 6.04. The number of hydrogen-bond donors (Lipinski definition) is 3. The maximum absolute atomic E-state index is 11.7. The molecule has 2 aromatic carbocycles. The van der Waals surface area contributed by atoms with Crippen LogP contribution in [0.5, 0.6) is 0 Å². The van der Waals surface area contributed by atoms with Gasteiger partial charge in [-0.05, 0) is 48.4 Å². The second-order valence-electron chi connectivity index (χ2n) is 6.98. The molecule has 0 unspecified atom stereocenters. The summed E-state index contributed by atoms with van der Waals surface area (Å²) < 4.78 is 1.95. The number of imidazole rings is 1. The zero-order valence-corrected chi connectivity index (χ0v) is 16.1. The molecule has 0 aliphatic carbocycles. The Labute approximate surface area is 170 Å². The van der Waals surface area contributed by atoms with E-state index in [-0.39, 0.29) is 5.69 Å². The van der Waals surface area contributed by atoms with Crippen LogP contribution in [-0.4, -0.2) is 25.5 Å². The third-order valence-electron chi connectivity index (χ3n) is 5.22. The van der Waals surface area contributed by atoms with Gasteiger partial charge in [-0.25, -0.2) is 4.98 Å². The molecule has 8 heteroatoms. The van der Waals surface area contributed by atoms with Gasteiger partial charge in [0.05, 0.1) is 22.1 Å². The number of hydrogen-bond acceptors (Lipinski definition) is 5. The Hall–Kier alpha value is -4.38. The first-order chi connectivity index (χ1) is 14.6. The quantitative estimate of drug-likeness (QED) is 0.428. The van der Waals surface area contributed by atoms with Crippen molar-refractivity contribution in [1.82, 2.24) is 19.6 Å². The summed E-state index contributed by atoms with van der Waals surface area (Å²) in [7, 11) is 0. The number of aryl methyl sites for hydroxylation is 1. The number of aromatic amines is 1. The second kappa shape index (κ2) is 6.60. The maximum atomic E-state index is 11.7. The number of nitrogens with two attached hydrogens (primary N) is 1. The van der Waals surface area contributed by atoms with Crippen molar-refractivity contribution in [2.75, 3.05) is 5.32 Å². The number of anilines is 2. The molecule has 4 N–H and O–H groups in total. The van der Waals surface area contributed by atoms with Crippen LogP contribution in [0.25, 0.3) is 27.6 Å². The van der Waals surface area contributed by atoms with Gasteiger partial charge < -0.3 is 11.1 Å². The summed E-state index contributed by atoms with van der Waals surface area (Å²) in [6, 6.07) is 17.6. The van der Waals surface area contributed by atoms with E-state index in [0.29, 0.717) is 23.0 Å². The molecule has 30 heavy (non-hydrogen) atoms. The molecule has 0 fully saturated rings. The van der Waals surface area contributed by atoms with E-state index in [1.165, 1.54) is 0 Å². The zero-order valence-electron chi connectivity index (χ0n) is 16.1. The number of para-hydroxylation sites is 2. The molecule has 0 saturated carbocycles. The topological polar surface area (TPSA) is 125 Å². The number of pyridine rings is 1. The molecule has 3 heterocycles. The highest BCUT2D eigenvalue weighted by Gasteiger charge is 2.17. The first kappa shape index (κ1) is 17.7. The molecule has 146 valence electrons. The van der Waals surface area contributed by atoms with Crippen molar-refractivity contribution in [1.29, 1.82) is 5.26 Å². The summed E-state index contributed by atoms with van der Waals surface area (Å²) in [4.78, 5) is 16.4. The number of nitrogens with one attached hydrogen (secondary N) is 2. The summed E-state index contributed by atoms with van der Waals surface area (Å²) in [6.07, 6.45) is 0.698. The third-order valence-corrected chi connectivity index (χ3v) is 5.22. The van der Waals surface area contributed by atoms with Crippen molar-refractivity contribution >= 4 is 45.0 Å². The highest BCUT2D eigenvalue weighted by atomic mass is 16.1. The highest BCUT2D eigenvalue weighted by Crippen LogP contribution is 2.30. The molecule has 3 aromatic heterocycles. The monoisotopic (exact) mass is 395 g/mol. The van der Waals surface area contributed by atoms with Gasteiger partial charge in [-0.2, -0.15) is 10.4 Å². The van der Waals surface area contributed by atoms with Crippen LogP contribution in [-0.2, 0) is 6.42 Å². The van der Waals surface area contributed by atoms with Crippen LogP contribution in [0.4, 0.5) is 11.5 Å². The molecule has 0 saturated heterocycles. The van der Waals surface area contributed by atoms with Crippen LogP contribution in [0.1, 0.15) is 28.5 Å². The molecule has 8 nitrogen and oxygen atoms in total. The van der Waals surface area contributed by atoms with E-state index in [1.807, 2.05) is 59.9 Å². The summed E-state index contributed by atoms with van der Waals surface area (Å²) in [6.45, 7) is 2.01. The molecule has 5 rings (SSSR count). The molecular formula is C22H17N7O. The summed E-state index contributed by atoms with van der Waals surface area (Å²) >= 11 is 0. The van der Waals surface area contributed by atoms with Crippen LogP contribution < -0.4 is 11.1 Å². The predicted molar refractivity (Wildman–Crippen MR) is 115 cm³/mol. The molecular weight excluding hydrogens is 378 g/mol. The SMILES string of the molecule is CCc1cc(Nc2ccc3[nH]nc(C(N)=O)c3c2)n2c(nc3ccccc32)c1C#N. The number of H-pyrrole nitrogens is 1. The number of carbonyl (C=O) groups excluding carboxylic acids is 1. The Morgan fingerprint density at radius 2 is 2.10 bits per heavy atom. The third kappa shape index (κ3) is 2.57. The second-order valence-corrected chi connectivity index (χ2v) is 6.98. The number of amides is 1. The van der Waals surface area contributed by atoms with E-state index in [2.05, 4.69) is 21.6 Å². The number of rotatable bonds is 4. The lowest BCUT2D eigenvalue weighted by molar-refractivity contribution is 0.0997. The Balaban J connectivity index is 1.75. The van der Waals surface area contributed by atoms with Gasteiger partial charge in [0.2, 0.25) is 0 Å². The van der Waals surface area contributed by atoms with Gasteiger partial charge in [-0.1, -0.05) is 19.1 Å². The summed E-state index contributed by atoms with van der Waals surface area (Å²) in [5.41, 5.74) is 10.9. The fraction of sp³-hybridized carbons (Fsp3) is 0.0909. The smallest absolute Gasteiger partial charge is 0.269 e. The van der Waals surface area contributed by atoms with Crippen LogP contribution in [0.3, 0.4) is 0 Å². The van der Waals surface area contributed by atoms with E-state index in [1.54, 1.807) is 0 Å². The molecule has 0 aliphatic rings. The Morgan fingerprint density at radius 3 is 2.87 bits per heavy atom. The van der Waals surface area contributed by atoms with Gasteiger partial charge in [-0.15, -0.1) is 0 Å². The minimum atomic E-state index is -0.590. The Kier molecular flexibility index (Phi) is 3.89. The molecule has 0 bridgehead atoms. The summed E-state index contributed by atoms with van der Waals surface area (Å²) in [5, 5.41) is 20.6. The molecule has 0 aliphatic heterocycles. The van der Waals surface area contributed by atoms with Crippen molar-refractivity contribution in [3.8, 4) is 6.07 Å². The molecule has 0 radical (unpaired) electrons. The van der Waals surface area contributed by atoms with Gasteiger partial charge in [-0.3, -0.25) is 14.3 Å². The maximum Gasteiger partial charge on any atom is 0.269 e. The van der Waals surface area contributed by atoms with Gasteiger partial charge in [0.25, 0.3) is 5.91 Å². The Morgan fingerprint density at radius 1 is 1.27 bits per heavy atom. The van der Waals surface area contributed by atoms with E-state index >= 15 is 0 Å². The summed E-state index contributed by atoms with van der Waals surface area (Å²) in [5.74, 6) is 0.186. The number of nitriles is 1. The standard InChI is InChI=1S/C22H17N7O/c1-2-12-9-19(25-13-7-8-16-14(10-13)20(21(24)30)28-27-16)29-18-6-4-3-5-17(18)26-22(29)15(12)11-23/h3-10,25H,2H2,1H3,(H2,24,30)(H,27,28). The molecule has 1 amide bonds. The van der Waals surface area contributed by atoms with Crippen molar-refractivity contribution in [2.45, 2.75) is 13.3 Å². The molecule has 0 spiro atoms. The first-order valence-electron chi connectivity index (χ1n) is 9.49. The number of nitrogens with zero attached hydrogens (tertiary/aromatic N) is 4. The zero-order chi connectivity index (χ0) is 20.8. The average molecular weight is 395 g/mol. The number of primary amides is 1. The van der Waals surface area contributed by atoms with Gasteiger partial charge in [0.1, 0.15) is 11.9 Å². The van der Waals surface area contributed by atoms with E-state index in [0.717, 1.165) is 33.6 Å². The van der Waals surface area contributed by atoms with E-state index in [4.69, 9.17) is 10.7 Å². The average Bonchev–Trinajstić information content (AvgIpc) is 3.34. The van der Waals surface area contributed by atoms with Gasteiger partial charge >= 0.3 is 0 Å².